The van der Waals surface area contributed by atoms with Gasteiger partial charge in [0.2, 0.25) is 0 Å². The van der Waals surface area contributed by atoms with E-state index in [1.165, 1.54) is 25.3 Å². The van der Waals surface area contributed by atoms with E-state index in [9.17, 15) is 9.18 Å². The van der Waals surface area contributed by atoms with E-state index in [0.717, 1.165) is 13.1 Å². The fourth-order valence-corrected chi connectivity index (χ4v) is 1.68. The predicted octanol–water partition coefficient (Wildman–Crippen LogP) is 1.51. The average molecular weight is 268 g/mol. The standard InChI is InChI=1S/C14H21FN2O2/c1-16(2)7-8-17(3)10-13(18)12-9-11(15)5-6-14(12)19-4/h5-6,9H,7-8,10H2,1-4H3. The molecule has 0 N–H and O–H groups in total. The van der Waals surface area contributed by atoms with Gasteiger partial charge in [-0.25, -0.2) is 4.39 Å². The fourth-order valence-electron chi connectivity index (χ4n) is 1.68. The molecule has 0 aliphatic rings. The summed E-state index contributed by atoms with van der Waals surface area (Å²) in [7, 11) is 7.30. The van der Waals surface area contributed by atoms with Crippen LogP contribution in [0.5, 0.6) is 5.75 Å². The monoisotopic (exact) mass is 268 g/mol. The van der Waals surface area contributed by atoms with E-state index in [0.29, 0.717) is 11.3 Å². The summed E-state index contributed by atoms with van der Waals surface area (Å²) in [6.07, 6.45) is 0. The van der Waals surface area contributed by atoms with Crippen LogP contribution in [-0.2, 0) is 0 Å². The first-order valence-electron chi connectivity index (χ1n) is 6.14. The number of hydrogen-bond acceptors (Lipinski definition) is 4. The van der Waals surface area contributed by atoms with E-state index in [1.807, 2.05) is 30.9 Å². The van der Waals surface area contributed by atoms with Crippen LogP contribution >= 0.6 is 0 Å². The Morgan fingerprint density at radius 1 is 1.26 bits per heavy atom. The summed E-state index contributed by atoms with van der Waals surface area (Å²) in [5.41, 5.74) is 0.291. The third kappa shape index (κ3) is 4.96. The third-order valence-electron chi connectivity index (χ3n) is 2.80. The van der Waals surface area contributed by atoms with Crippen LogP contribution in [0, 0.1) is 5.82 Å². The van der Waals surface area contributed by atoms with Crippen molar-refractivity contribution >= 4 is 5.78 Å². The van der Waals surface area contributed by atoms with Gasteiger partial charge in [0.25, 0.3) is 0 Å². The molecule has 0 spiro atoms. The maximum absolute atomic E-state index is 13.2. The molecule has 0 atom stereocenters. The first-order valence-corrected chi connectivity index (χ1v) is 6.14. The molecule has 1 aromatic rings. The first kappa shape index (κ1) is 15.6. The van der Waals surface area contributed by atoms with E-state index in [4.69, 9.17) is 4.74 Å². The molecule has 0 radical (unpaired) electrons. The molecule has 0 bridgehead atoms. The second-order valence-corrected chi connectivity index (χ2v) is 4.81. The zero-order valence-electron chi connectivity index (χ0n) is 11.9. The SMILES string of the molecule is COc1ccc(F)cc1C(=O)CN(C)CCN(C)C. The molecule has 0 fully saturated rings. The molecular formula is C14H21FN2O2. The van der Waals surface area contributed by atoms with Crippen LogP contribution in [-0.4, -0.2) is 63.5 Å². The Bertz CT molecular complexity index is 435. The van der Waals surface area contributed by atoms with Crippen molar-refractivity contribution in [3.05, 3.63) is 29.6 Å². The van der Waals surface area contributed by atoms with Gasteiger partial charge in [-0.2, -0.15) is 0 Å². The highest BCUT2D eigenvalue weighted by molar-refractivity contribution is 6.00. The Morgan fingerprint density at radius 2 is 1.95 bits per heavy atom. The van der Waals surface area contributed by atoms with Crippen LogP contribution in [0.3, 0.4) is 0 Å². The minimum Gasteiger partial charge on any atom is -0.496 e. The van der Waals surface area contributed by atoms with E-state index >= 15 is 0 Å². The Labute approximate surface area is 113 Å². The molecule has 0 aliphatic carbocycles. The van der Waals surface area contributed by atoms with Crippen molar-refractivity contribution in [2.45, 2.75) is 0 Å². The smallest absolute Gasteiger partial charge is 0.180 e. The normalized spacial score (nSPS) is 11.1. The zero-order chi connectivity index (χ0) is 14.4. The van der Waals surface area contributed by atoms with Gasteiger partial charge in [-0.15, -0.1) is 0 Å². The van der Waals surface area contributed by atoms with Crippen molar-refractivity contribution in [3.63, 3.8) is 0 Å². The van der Waals surface area contributed by atoms with Crippen molar-refractivity contribution in [2.24, 2.45) is 0 Å². The van der Waals surface area contributed by atoms with Crippen LogP contribution < -0.4 is 4.74 Å². The maximum atomic E-state index is 13.2. The predicted molar refractivity (Wildman–Crippen MR) is 73.3 cm³/mol. The summed E-state index contributed by atoms with van der Waals surface area (Å²) >= 11 is 0. The second-order valence-electron chi connectivity index (χ2n) is 4.81. The van der Waals surface area contributed by atoms with E-state index in [2.05, 4.69) is 0 Å². The van der Waals surface area contributed by atoms with Gasteiger partial charge in [0, 0.05) is 13.1 Å². The summed E-state index contributed by atoms with van der Waals surface area (Å²) in [5.74, 6) is -0.162. The summed E-state index contributed by atoms with van der Waals surface area (Å²) in [4.78, 5) is 16.1. The summed E-state index contributed by atoms with van der Waals surface area (Å²) in [6, 6.07) is 3.98. The number of carbonyl (C=O) groups is 1. The van der Waals surface area contributed by atoms with E-state index < -0.39 is 5.82 Å². The number of rotatable bonds is 7. The molecule has 0 aliphatic heterocycles. The number of Topliss-reactive ketones (excluding diaryl/α,β-unsaturated/α-hetero) is 1. The van der Waals surface area contributed by atoms with Gasteiger partial charge in [0.05, 0.1) is 19.2 Å². The molecule has 0 unspecified atom stereocenters. The first-order chi connectivity index (χ1) is 8.93. The Balaban J connectivity index is 2.69. The number of ketones is 1. The third-order valence-corrected chi connectivity index (χ3v) is 2.80. The lowest BCUT2D eigenvalue weighted by molar-refractivity contribution is 0.0939. The molecule has 0 aromatic heterocycles. The molecular weight excluding hydrogens is 247 g/mol. The minimum atomic E-state index is -0.430. The van der Waals surface area contributed by atoms with Crippen LogP contribution in [0.25, 0.3) is 0 Å². The number of halogens is 1. The number of hydrogen-bond donors (Lipinski definition) is 0. The summed E-state index contributed by atoms with van der Waals surface area (Å²) in [6.45, 7) is 1.88. The molecule has 19 heavy (non-hydrogen) atoms. The quantitative estimate of drug-likeness (QED) is 0.702. The number of methoxy groups -OCH3 is 1. The molecule has 1 rings (SSSR count). The van der Waals surface area contributed by atoms with Crippen LogP contribution in [0.1, 0.15) is 10.4 Å². The summed E-state index contributed by atoms with van der Waals surface area (Å²) < 4.78 is 18.3. The summed E-state index contributed by atoms with van der Waals surface area (Å²) in [5, 5.41) is 0. The Kier molecular flexibility index (Phi) is 5.92. The molecule has 106 valence electrons. The van der Waals surface area contributed by atoms with Gasteiger partial charge in [-0.3, -0.25) is 9.69 Å². The van der Waals surface area contributed by atoms with Gasteiger partial charge in [-0.1, -0.05) is 0 Å². The van der Waals surface area contributed by atoms with Gasteiger partial charge in [0.1, 0.15) is 11.6 Å². The van der Waals surface area contributed by atoms with Gasteiger partial charge in [0.15, 0.2) is 5.78 Å². The lowest BCUT2D eigenvalue weighted by Crippen LogP contribution is -2.32. The van der Waals surface area contributed by atoms with Crippen molar-refractivity contribution in [1.29, 1.82) is 0 Å². The highest BCUT2D eigenvalue weighted by Gasteiger charge is 2.15. The molecule has 0 saturated heterocycles. The highest BCUT2D eigenvalue weighted by atomic mass is 19.1. The van der Waals surface area contributed by atoms with Crippen LogP contribution in [0.2, 0.25) is 0 Å². The molecule has 0 amide bonds. The fraction of sp³-hybridized carbons (Fsp3) is 0.500. The Hall–Kier alpha value is -1.46. The molecule has 0 saturated carbocycles. The molecule has 0 heterocycles. The Morgan fingerprint density at radius 3 is 2.53 bits per heavy atom. The van der Waals surface area contributed by atoms with Gasteiger partial charge in [-0.05, 0) is 39.3 Å². The number of carbonyl (C=O) groups excluding carboxylic acids is 1. The number of benzene rings is 1. The van der Waals surface area contributed by atoms with Gasteiger partial charge < -0.3 is 9.64 Å². The van der Waals surface area contributed by atoms with Crippen molar-refractivity contribution in [2.75, 3.05) is 47.9 Å². The topological polar surface area (TPSA) is 32.8 Å². The van der Waals surface area contributed by atoms with Crippen molar-refractivity contribution in [3.8, 4) is 5.75 Å². The highest BCUT2D eigenvalue weighted by Crippen LogP contribution is 2.20. The maximum Gasteiger partial charge on any atom is 0.180 e. The number of likely N-dealkylation sites (N-methyl/N-ethyl adjacent to an activating group) is 2. The molecule has 5 heteroatoms. The van der Waals surface area contributed by atoms with Crippen LogP contribution in [0.4, 0.5) is 4.39 Å². The van der Waals surface area contributed by atoms with E-state index in [1.54, 1.807) is 0 Å². The minimum absolute atomic E-state index is 0.141. The average Bonchev–Trinajstić information content (AvgIpc) is 2.36. The lowest BCUT2D eigenvalue weighted by Gasteiger charge is -2.19. The van der Waals surface area contributed by atoms with Crippen LogP contribution in [0.15, 0.2) is 18.2 Å². The largest absolute Gasteiger partial charge is 0.496 e. The molecule has 4 nitrogen and oxygen atoms in total. The molecule has 1 aromatic carbocycles. The zero-order valence-corrected chi connectivity index (χ0v) is 11.9. The van der Waals surface area contributed by atoms with Crippen molar-refractivity contribution in [1.82, 2.24) is 9.80 Å². The van der Waals surface area contributed by atoms with E-state index in [-0.39, 0.29) is 12.3 Å². The lowest BCUT2D eigenvalue weighted by atomic mass is 10.1. The van der Waals surface area contributed by atoms with Crippen molar-refractivity contribution < 1.29 is 13.9 Å². The van der Waals surface area contributed by atoms with Gasteiger partial charge >= 0.3 is 0 Å². The second kappa shape index (κ2) is 7.21. The number of ether oxygens (including phenoxy) is 1. The number of nitrogens with zero attached hydrogens (tertiary/aromatic N) is 2.